The van der Waals surface area contributed by atoms with E-state index in [1.54, 1.807) is 7.05 Å². The van der Waals surface area contributed by atoms with Gasteiger partial charge in [-0.15, -0.1) is 13.2 Å². The van der Waals surface area contributed by atoms with E-state index in [1.807, 2.05) is 0 Å². The topological polar surface area (TPSA) is 24.5 Å². The van der Waals surface area contributed by atoms with Crippen molar-refractivity contribution >= 4 is 0 Å². The first-order valence-corrected chi connectivity index (χ1v) is 2.89. The monoisotopic (exact) mass is 168 g/mol. The van der Waals surface area contributed by atoms with E-state index in [2.05, 4.69) is 10.2 Å². The Morgan fingerprint density at radius 1 is 1.55 bits per heavy atom. The predicted molar refractivity (Wildman–Crippen MR) is 31.0 cm³/mol. The summed E-state index contributed by atoms with van der Waals surface area (Å²) in [5.74, 6) is 0. The SMILES string of the molecule is CN1C=CC(OC(F)(F)F)N1. The highest BCUT2D eigenvalue weighted by atomic mass is 19.4. The van der Waals surface area contributed by atoms with Crippen LogP contribution < -0.4 is 5.43 Å². The molecule has 1 unspecified atom stereocenters. The number of hydrazine groups is 1. The van der Waals surface area contributed by atoms with Crippen LogP contribution in [-0.2, 0) is 4.74 Å². The first-order valence-electron chi connectivity index (χ1n) is 2.89. The fraction of sp³-hybridized carbons (Fsp3) is 0.600. The summed E-state index contributed by atoms with van der Waals surface area (Å²) in [5.41, 5.74) is 2.39. The molecule has 1 atom stereocenters. The van der Waals surface area contributed by atoms with Crippen molar-refractivity contribution < 1.29 is 17.9 Å². The summed E-state index contributed by atoms with van der Waals surface area (Å²) in [7, 11) is 1.58. The van der Waals surface area contributed by atoms with Gasteiger partial charge in [-0.05, 0) is 6.08 Å². The van der Waals surface area contributed by atoms with Gasteiger partial charge in [-0.25, -0.2) is 5.43 Å². The van der Waals surface area contributed by atoms with Gasteiger partial charge in [0, 0.05) is 13.2 Å². The van der Waals surface area contributed by atoms with Crippen molar-refractivity contribution in [3.63, 3.8) is 0 Å². The molecule has 0 aromatic heterocycles. The molecule has 0 aliphatic carbocycles. The van der Waals surface area contributed by atoms with Crippen molar-refractivity contribution in [3.05, 3.63) is 12.3 Å². The molecule has 6 heteroatoms. The summed E-state index contributed by atoms with van der Waals surface area (Å²) < 4.78 is 38.2. The molecule has 0 saturated carbocycles. The highest BCUT2D eigenvalue weighted by Gasteiger charge is 2.33. The summed E-state index contributed by atoms with van der Waals surface area (Å²) in [5, 5.41) is 1.39. The van der Waals surface area contributed by atoms with Crippen LogP contribution in [0.5, 0.6) is 0 Å². The summed E-state index contributed by atoms with van der Waals surface area (Å²) in [6, 6.07) is 0. The Balaban J connectivity index is 2.36. The first kappa shape index (κ1) is 8.35. The van der Waals surface area contributed by atoms with Gasteiger partial charge in [0.15, 0.2) is 6.23 Å². The van der Waals surface area contributed by atoms with Crippen LogP contribution in [0.25, 0.3) is 0 Å². The molecule has 1 heterocycles. The van der Waals surface area contributed by atoms with Crippen LogP contribution >= 0.6 is 0 Å². The van der Waals surface area contributed by atoms with Gasteiger partial charge in [0.1, 0.15) is 0 Å². The van der Waals surface area contributed by atoms with Crippen molar-refractivity contribution in [2.24, 2.45) is 0 Å². The molecule has 0 spiro atoms. The Bertz CT molecular complexity index is 168. The number of hydrogen-bond donors (Lipinski definition) is 1. The molecule has 11 heavy (non-hydrogen) atoms. The fourth-order valence-electron chi connectivity index (χ4n) is 0.704. The van der Waals surface area contributed by atoms with Crippen LogP contribution in [0.3, 0.4) is 0 Å². The van der Waals surface area contributed by atoms with Crippen molar-refractivity contribution in [3.8, 4) is 0 Å². The molecule has 0 aromatic carbocycles. The molecule has 1 rings (SSSR count). The second kappa shape index (κ2) is 2.71. The third kappa shape index (κ3) is 2.77. The normalized spacial score (nSPS) is 24.7. The second-order valence-corrected chi connectivity index (χ2v) is 2.07. The minimum Gasteiger partial charge on any atom is -0.316 e. The number of alkyl halides is 3. The van der Waals surface area contributed by atoms with Gasteiger partial charge in [0.25, 0.3) is 0 Å². The van der Waals surface area contributed by atoms with Gasteiger partial charge < -0.3 is 5.01 Å². The van der Waals surface area contributed by atoms with Crippen molar-refractivity contribution in [1.82, 2.24) is 10.4 Å². The van der Waals surface area contributed by atoms with E-state index in [9.17, 15) is 13.2 Å². The summed E-state index contributed by atoms with van der Waals surface area (Å²) in [6.07, 6.45) is -2.96. The number of nitrogens with zero attached hydrogens (tertiary/aromatic N) is 1. The van der Waals surface area contributed by atoms with E-state index < -0.39 is 12.6 Å². The van der Waals surface area contributed by atoms with Crippen LogP contribution in [0.2, 0.25) is 0 Å². The quantitative estimate of drug-likeness (QED) is 0.627. The zero-order valence-electron chi connectivity index (χ0n) is 5.72. The maximum atomic E-state index is 11.5. The van der Waals surface area contributed by atoms with Gasteiger partial charge in [-0.1, -0.05) is 0 Å². The average molecular weight is 168 g/mol. The summed E-state index contributed by atoms with van der Waals surface area (Å²) in [4.78, 5) is 0. The molecule has 0 fully saturated rings. The number of halogens is 3. The van der Waals surface area contributed by atoms with E-state index in [-0.39, 0.29) is 0 Å². The van der Waals surface area contributed by atoms with Crippen molar-refractivity contribution in [2.75, 3.05) is 7.05 Å². The minimum atomic E-state index is -4.59. The second-order valence-electron chi connectivity index (χ2n) is 2.07. The van der Waals surface area contributed by atoms with E-state index in [1.165, 1.54) is 17.3 Å². The molecule has 64 valence electrons. The average Bonchev–Trinajstić information content (AvgIpc) is 2.10. The number of rotatable bonds is 1. The predicted octanol–water partition coefficient (Wildman–Crippen LogP) is 0.813. The Hall–Kier alpha value is -0.750. The number of hydrogen-bond acceptors (Lipinski definition) is 3. The lowest BCUT2D eigenvalue weighted by Gasteiger charge is -2.16. The Labute approximate surface area is 61.4 Å². The summed E-state index contributed by atoms with van der Waals surface area (Å²) >= 11 is 0. The molecule has 0 bridgehead atoms. The molecular weight excluding hydrogens is 161 g/mol. The third-order valence-corrected chi connectivity index (χ3v) is 1.08. The van der Waals surface area contributed by atoms with Gasteiger partial charge in [0.2, 0.25) is 0 Å². The maximum absolute atomic E-state index is 11.5. The minimum absolute atomic E-state index is 1.10. The van der Waals surface area contributed by atoms with Crippen molar-refractivity contribution in [1.29, 1.82) is 0 Å². The van der Waals surface area contributed by atoms with Gasteiger partial charge in [-0.2, -0.15) is 0 Å². The molecule has 0 amide bonds. The highest BCUT2D eigenvalue weighted by Crippen LogP contribution is 2.19. The molecule has 3 nitrogen and oxygen atoms in total. The smallest absolute Gasteiger partial charge is 0.316 e. The molecule has 0 radical (unpaired) electrons. The number of ether oxygens (including phenoxy) is 1. The molecule has 0 aromatic rings. The molecule has 1 aliphatic heterocycles. The standard InChI is InChI=1S/C5H7F3N2O/c1-10-3-2-4(9-10)11-5(6,7)8/h2-4,9H,1H3. The Kier molecular flexibility index (Phi) is 2.05. The maximum Gasteiger partial charge on any atom is 0.524 e. The third-order valence-electron chi connectivity index (χ3n) is 1.08. The Morgan fingerprint density at radius 2 is 2.18 bits per heavy atom. The largest absolute Gasteiger partial charge is 0.524 e. The van der Waals surface area contributed by atoms with Crippen LogP contribution in [-0.4, -0.2) is 24.6 Å². The van der Waals surface area contributed by atoms with Crippen LogP contribution in [0.4, 0.5) is 13.2 Å². The van der Waals surface area contributed by atoms with Gasteiger partial charge in [-0.3, -0.25) is 4.74 Å². The van der Waals surface area contributed by atoms with E-state index in [0.29, 0.717) is 0 Å². The zero-order chi connectivity index (χ0) is 8.48. The molecule has 1 N–H and O–H groups in total. The summed E-state index contributed by atoms with van der Waals surface area (Å²) in [6.45, 7) is 0. The van der Waals surface area contributed by atoms with Gasteiger partial charge in [0.05, 0.1) is 0 Å². The Morgan fingerprint density at radius 3 is 2.55 bits per heavy atom. The lowest BCUT2D eigenvalue weighted by molar-refractivity contribution is -0.341. The lowest BCUT2D eigenvalue weighted by atomic mass is 10.6. The van der Waals surface area contributed by atoms with Crippen LogP contribution in [0, 0.1) is 0 Å². The fourth-order valence-corrected chi connectivity index (χ4v) is 0.704. The first-order chi connectivity index (χ1) is 4.97. The van der Waals surface area contributed by atoms with E-state index in [4.69, 9.17) is 0 Å². The van der Waals surface area contributed by atoms with E-state index in [0.717, 1.165) is 0 Å². The molecular formula is C5H7F3N2O. The van der Waals surface area contributed by atoms with Crippen LogP contribution in [0.15, 0.2) is 12.3 Å². The van der Waals surface area contributed by atoms with Crippen molar-refractivity contribution in [2.45, 2.75) is 12.6 Å². The number of nitrogens with one attached hydrogen (secondary N) is 1. The molecule has 1 aliphatic rings. The zero-order valence-corrected chi connectivity index (χ0v) is 5.72. The molecule has 0 saturated heterocycles. The van der Waals surface area contributed by atoms with Gasteiger partial charge >= 0.3 is 6.36 Å². The lowest BCUT2D eigenvalue weighted by Crippen LogP contribution is -2.37. The van der Waals surface area contributed by atoms with E-state index >= 15 is 0 Å². The van der Waals surface area contributed by atoms with Crippen LogP contribution in [0.1, 0.15) is 0 Å². The highest BCUT2D eigenvalue weighted by molar-refractivity contribution is 4.92.